The second kappa shape index (κ2) is 8.81. The Balaban J connectivity index is 1.44. The first-order valence-electron chi connectivity index (χ1n) is 12.6. The van der Waals surface area contributed by atoms with Crippen molar-refractivity contribution in [3.63, 3.8) is 0 Å². The Hall–Kier alpha value is -3.16. The first-order valence-corrected chi connectivity index (χ1v) is 12.6. The number of aliphatic carboxylic acids is 1. The van der Waals surface area contributed by atoms with E-state index in [9.17, 15) is 14.7 Å². The minimum atomic E-state index is -0.704. The van der Waals surface area contributed by atoms with Crippen LogP contribution in [-0.2, 0) is 35.1 Å². The zero-order valence-corrected chi connectivity index (χ0v) is 21.1. The van der Waals surface area contributed by atoms with Crippen LogP contribution in [0.4, 0.5) is 0 Å². The largest absolute Gasteiger partial charge is 0.481 e. The molecule has 0 aromatic carbocycles. The van der Waals surface area contributed by atoms with Crippen molar-refractivity contribution in [3.8, 4) is 0 Å². The third-order valence-electron chi connectivity index (χ3n) is 7.96. The number of nitrogens with zero attached hydrogens (tertiary/aromatic N) is 5. The third kappa shape index (κ3) is 4.34. The van der Waals surface area contributed by atoms with Crippen LogP contribution in [0.25, 0.3) is 11.0 Å². The molecule has 1 aliphatic carbocycles. The zero-order valence-electron chi connectivity index (χ0n) is 21.1. The van der Waals surface area contributed by atoms with E-state index in [0.717, 1.165) is 41.0 Å². The van der Waals surface area contributed by atoms with Crippen molar-refractivity contribution in [2.75, 3.05) is 6.54 Å². The minimum Gasteiger partial charge on any atom is -0.481 e. The Bertz CT molecular complexity index is 1280. The molecule has 0 saturated heterocycles. The first kappa shape index (κ1) is 23.6. The number of carboxylic acids is 1. The smallest absolute Gasteiger partial charge is 0.306 e. The fourth-order valence-electron chi connectivity index (χ4n) is 6.25. The lowest BCUT2D eigenvalue weighted by atomic mass is 9.78. The molecule has 0 spiro atoms. The molecule has 5 rings (SSSR count). The van der Waals surface area contributed by atoms with Crippen LogP contribution < -0.4 is 0 Å². The molecule has 35 heavy (non-hydrogen) atoms. The number of hydrogen-bond acceptors (Lipinski definition) is 4. The van der Waals surface area contributed by atoms with Gasteiger partial charge in [0.2, 0.25) is 5.91 Å². The van der Waals surface area contributed by atoms with Gasteiger partial charge in [-0.1, -0.05) is 13.8 Å². The normalized spacial score (nSPS) is 21.8. The van der Waals surface area contributed by atoms with E-state index in [1.807, 2.05) is 35.8 Å². The quantitative estimate of drug-likeness (QED) is 0.599. The lowest BCUT2D eigenvalue weighted by molar-refractivity contribution is -0.143. The number of carboxylic acid groups (broad SMARTS) is 1. The number of aryl methyl sites for hydroxylation is 2. The van der Waals surface area contributed by atoms with Gasteiger partial charge in [-0.05, 0) is 62.3 Å². The zero-order chi connectivity index (χ0) is 24.9. The van der Waals surface area contributed by atoms with Crippen LogP contribution in [0.3, 0.4) is 0 Å². The van der Waals surface area contributed by atoms with Crippen LogP contribution in [0.15, 0.2) is 24.4 Å². The lowest BCUT2D eigenvalue weighted by Gasteiger charge is -2.40. The van der Waals surface area contributed by atoms with Crippen molar-refractivity contribution in [2.45, 2.75) is 71.4 Å². The third-order valence-corrected chi connectivity index (χ3v) is 7.96. The van der Waals surface area contributed by atoms with Crippen LogP contribution in [-0.4, -0.2) is 47.8 Å². The van der Waals surface area contributed by atoms with Crippen molar-refractivity contribution in [1.29, 1.82) is 0 Å². The summed E-state index contributed by atoms with van der Waals surface area (Å²) < 4.78 is 4.18. The molecule has 0 bridgehead atoms. The average molecular weight is 478 g/mol. The molecule has 0 radical (unpaired) electrons. The number of aromatic nitrogens is 4. The molecule has 1 saturated carbocycles. The van der Waals surface area contributed by atoms with Crippen LogP contribution >= 0.6 is 0 Å². The maximum atomic E-state index is 13.5. The standard InChI is InChI=1S/C27H35N5O3/c1-17-12-20(30(4)29-17)14-32-22-15-31(23(33)13-18-7-9-19(10-8-18)26(34)35)16-27(2,3)24(22)21-6-5-11-28-25(21)32/h5-6,11-12,18-19H,7-10,13-16H2,1-4H3,(H,34,35). The number of hydrogen-bond donors (Lipinski definition) is 1. The van der Waals surface area contributed by atoms with E-state index < -0.39 is 5.97 Å². The highest BCUT2D eigenvalue weighted by Crippen LogP contribution is 2.41. The number of pyridine rings is 1. The second-order valence-corrected chi connectivity index (χ2v) is 11.1. The summed E-state index contributed by atoms with van der Waals surface area (Å²) in [6.07, 6.45) is 5.31. The Labute approximate surface area is 205 Å². The van der Waals surface area contributed by atoms with Crippen molar-refractivity contribution >= 4 is 22.9 Å². The van der Waals surface area contributed by atoms with Gasteiger partial charge < -0.3 is 14.6 Å². The molecular weight excluding hydrogens is 442 g/mol. The highest BCUT2D eigenvalue weighted by atomic mass is 16.4. The molecule has 1 fully saturated rings. The molecule has 0 atom stereocenters. The number of amides is 1. The maximum Gasteiger partial charge on any atom is 0.306 e. The van der Waals surface area contributed by atoms with Gasteiger partial charge in [0, 0.05) is 42.7 Å². The van der Waals surface area contributed by atoms with E-state index in [1.54, 1.807) is 0 Å². The predicted octanol–water partition coefficient (Wildman–Crippen LogP) is 4.03. The molecule has 4 heterocycles. The van der Waals surface area contributed by atoms with Gasteiger partial charge in [0.15, 0.2) is 0 Å². The molecular formula is C27H35N5O3. The van der Waals surface area contributed by atoms with Gasteiger partial charge in [0.25, 0.3) is 0 Å². The lowest BCUT2D eigenvalue weighted by Crippen LogP contribution is -2.46. The Morgan fingerprint density at radius 3 is 2.60 bits per heavy atom. The highest BCUT2D eigenvalue weighted by molar-refractivity contribution is 5.85. The van der Waals surface area contributed by atoms with Crippen molar-refractivity contribution < 1.29 is 14.7 Å². The summed E-state index contributed by atoms with van der Waals surface area (Å²) in [5.74, 6) is -0.516. The molecule has 1 aliphatic heterocycles. The van der Waals surface area contributed by atoms with E-state index in [1.165, 1.54) is 5.56 Å². The summed E-state index contributed by atoms with van der Waals surface area (Å²) in [6.45, 7) is 8.32. The van der Waals surface area contributed by atoms with Crippen LogP contribution in [0.1, 0.15) is 68.6 Å². The van der Waals surface area contributed by atoms with Crippen LogP contribution in [0, 0.1) is 18.8 Å². The van der Waals surface area contributed by atoms with E-state index in [0.29, 0.717) is 38.9 Å². The predicted molar refractivity (Wildman–Crippen MR) is 133 cm³/mol. The van der Waals surface area contributed by atoms with E-state index in [2.05, 4.69) is 35.6 Å². The Morgan fingerprint density at radius 1 is 1.20 bits per heavy atom. The number of carbonyl (C=O) groups excluding carboxylic acids is 1. The van der Waals surface area contributed by atoms with Crippen LogP contribution in [0.5, 0.6) is 0 Å². The van der Waals surface area contributed by atoms with Gasteiger partial charge in [-0.3, -0.25) is 14.3 Å². The van der Waals surface area contributed by atoms with Crippen molar-refractivity contribution in [2.24, 2.45) is 18.9 Å². The van der Waals surface area contributed by atoms with Gasteiger partial charge in [-0.2, -0.15) is 5.10 Å². The van der Waals surface area contributed by atoms with E-state index in [4.69, 9.17) is 4.98 Å². The first-order chi connectivity index (χ1) is 16.6. The van der Waals surface area contributed by atoms with Crippen LogP contribution in [0.2, 0.25) is 0 Å². The summed E-state index contributed by atoms with van der Waals surface area (Å²) in [4.78, 5) is 31.5. The maximum absolute atomic E-state index is 13.5. The number of carbonyl (C=O) groups is 2. The van der Waals surface area contributed by atoms with Gasteiger partial charge in [-0.25, -0.2) is 4.98 Å². The number of fused-ring (bicyclic) bond motifs is 3. The van der Waals surface area contributed by atoms with E-state index in [-0.39, 0.29) is 23.2 Å². The molecule has 2 aliphatic rings. The van der Waals surface area contributed by atoms with Crippen molar-refractivity contribution in [1.82, 2.24) is 24.2 Å². The molecule has 8 heteroatoms. The topological polar surface area (TPSA) is 93.3 Å². The molecule has 186 valence electrons. The summed E-state index contributed by atoms with van der Waals surface area (Å²) in [5.41, 5.74) is 5.26. The van der Waals surface area contributed by atoms with Crippen molar-refractivity contribution in [3.05, 3.63) is 47.0 Å². The Kier molecular flexibility index (Phi) is 5.93. The van der Waals surface area contributed by atoms with Gasteiger partial charge in [0.1, 0.15) is 5.65 Å². The molecule has 1 N–H and O–H groups in total. The molecule has 8 nitrogen and oxygen atoms in total. The summed E-state index contributed by atoms with van der Waals surface area (Å²) in [6, 6.07) is 6.24. The van der Waals surface area contributed by atoms with Gasteiger partial charge >= 0.3 is 5.97 Å². The van der Waals surface area contributed by atoms with E-state index >= 15 is 0 Å². The fraction of sp³-hybridized carbons (Fsp3) is 0.556. The second-order valence-electron chi connectivity index (χ2n) is 11.1. The van der Waals surface area contributed by atoms with Gasteiger partial charge in [0.05, 0.1) is 30.4 Å². The molecule has 0 unspecified atom stereocenters. The van der Waals surface area contributed by atoms with Gasteiger partial charge in [-0.15, -0.1) is 0 Å². The SMILES string of the molecule is Cc1cc(Cn2c3c(c4cccnc42)C(C)(C)CN(C(=O)CC2CCC(C(=O)O)CC2)C3)n(C)n1. The molecule has 3 aromatic rings. The minimum absolute atomic E-state index is 0.170. The summed E-state index contributed by atoms with van der Waals surface area (Å²) in [5, 5.41) is 15.0. The number of rotatable bonds is 5. The fourth-order valence-corrected chi connectivity index (χ4v) is 6.25. The molecule has 1 amide bonds. The Morgan fingerprint density at radius 2 is 1.94 bits per heavy atom. The monoisotopic (exact) mass is 477 g/mol. The summed E-state index contributed by atoms with van der Waals surface area (Å²) in [7, 11) is 1.97. The summed E-state index contributed by atoms with van der Waals surface area (Å²) >= 11 is 0. The average Bonchev–Trinajstić information content (AvgIpc) is 3.30. The molecule has 3 aromatic heterocycles. The highest BCUT2D eigenvalue weighted by Gasteiger charge is 2.39.